The summed E-state index contributed by atoms with van der Waals surface area (Å²) in [6, 6.07) is 0. The Labute approximate surface area is 110 Å². The summed E-state index contributed by atoms with van der Waals surface area (Å²) in [4.78, 5) is 11.4. The summed E-state index contributed by atoms with van der Waals surface area (Å²) in [7, 11) is 0. The molecule has 0 radical (unpaired) electrons. The smallest absolute Gasteiger partial charge is 0.223 e. The van der Waals surface area contributed by atoms with Crippen molar-refractivity contribution in [2.75, 3.05) is 26.2 Å². The lowest BCUT2D eigenvalue weighted by molar-refractivity contribution is -0.122. The predicted molar refractivity (Wildman–Crippen MR) is 71.2 cm³/mol. The van der Waals surface area contributed by atoms with Gasteiger partial charge in [-0.05, 0) is 25.7 Å². The number of rotatable bonds is 7. The molecule has 2 aliphatic carbocycles. The highest BCUT2D eigenvalue weighted by Crippen LogP contribution is 2.35. The van der Waals surface area contributed by atoms with Gasteiger partial charge in [0.1, 0.15) is 0 Å². The van der Waals surface area contributed by atoms with Crippen LogP contribution in [0.2, 0.25) is 0 Å². The van der Waals surface area contributed by atoms with E-state index < -0.39 is 0 Å². The summed E-state index contributed by atoms with van der Waals surface area (Å²) >= 11 is 0. The SMILES string of the molecule is O=C(NCCNCC1(CO)CCCCC1)C1CC1. The Morgan fingerprint density at radius 3 is 2.50 bits per heavy atom. The third-order valence-corrected chi connectivity index (χ3v) is 4.30. The Hall–Kier alpha value is -0.610. The van der Waals surface area contributed by atoms with Gasteiger partial charge in [-0.15, -0.1) is 0 Å². The summed E-state index contributed by atoms with van der Waals surface area (Å²) in [5.74, 6) is 0.512. The normalized spacial score (nSPS) is 22.7. The molecular weight excluding hydrogens is 228 g/mol. The lowest BCUT2D eigenvalue weighted by atomic mass is 9.74. The summed E-state index contributed by atoms with van der Waals surface area (Å²) < 4.78 is 0. The second-order valence-electron chi connectivity index (χ2n) is 5.96. The molecule has 4 heteroatoms. The summed E-state index contributed by atoms with van der Waals surface area (Å²) in [6.45, 7) is 2.67. The minimum absolute atomic E-state index is 0.0960. The fourth-order valence-electron chi connectivity index (χ4n) is 2.81. The van der Waals surface area contributed by atoms with Crippen molar-refractivity contribution < 1.29 is 9.90 Å². The maximum Gasteiger partial charge on any atom is 0.223 e. The molecule has 2 aliphatic rings. The number of amides is 1. The fourth-order valence-corrected chi connectivity index (χ4v) is 2.81. The van der Waals surface area contributed by atoms with Gasteiger partial charge in [-0.25, -0.2) is 0 Å². The van der Waals surface area contributed by atoms with E-state index in [4.69, 9.17) is 0 Å². The van der Waals surface area contributed by atoms with Crippen molar-refractivity contribution in [1.29, 1.82) is 0 Å². The van der Waals surface area contributed by atoms with Crippen LogP contribution in [0.15, 0.2) is 0 Å². The van der Waals surface area contributed by atoms with Gasteiger partial charge < -0.3 is 15.7 Å². The Balaban J connectivity index is 1.56. The van der Waals surface area contributed by atoms with Crippen LogP contribution in [0.4, 0.5) is 0 Å². The maximum absolute atomic E-state index is 11.4. The molecule has 0 aromatic rings. The first-order valence-corrected chi connectivity index (χ1v) is 7.35. The van der Waals surface area contributed by atoms with E-state index in [1.54, 1.807) is 0 Å². The largest absolute Gasteiger partial charge is 0.396 e. The van der Waals surface area contributed by atoms with Crippen molar-refractivity contribution in [1.82, 2.24) is 10.6 Å². The lowest BCUT2D eigenvalue weighted by Gasteiger charge is -2.35. The van der Waals surface area contributed by atoms with E-state index >= 15 is 0 Å². The van der Waals surface area contributed by atoms with Gasteiger partial charge in [0.2, 0.25) is 5.91 Å². The molecule has 18 heavy (non-hydrogen) atoms. The molecular formula is C14H26N2O2. The fraction of sp³-hybridized carbons (Fsp3) is 0.929. The van der Waals surface area contributed by atoms with Crippen LogP contribution in [0, 0.1) is 11.3 Å². The molecule has 3 N–H and O–H groups in total. The van der Waals surface area contributed by atoms with Crippen molar-refractivity contribution in [3.05, 3.63) is 0 Å². The van der Waals surface area contributed by atoms with Crippen molar-refractivity contribution in [3.63, 3.8) is 0 Å². The zero-order chi connectivity index (χ0) is 12.8. The molecule has 2 rings (SSSR count). The zero-order valence-corrected chi connectivity index (χ0v) is 11.2. The molecule has 0 aromatic heterocycles. The number of nitrogens with one attached hydrogen (secondary N) is 2. The monoisotopic (exact) mass is 254 g/mol. The molecule has 2 fully saturated rings. The molecule has 0 bridgehead atoms. The highest BCUT2D eigenvalue weighted by Gasteiger charge is 2.31. The standard InChI is InChI=1S/C14H26N2O2/c17-11-14(6-2-1-3-7-14)10-15-8-9-16-13(18)12-4-5-12/h12,15,17H,1-11H2,(H,16,18). The van der Waals surface area contributed by atoms with Gasteiger partial charge in [0.25, 0.3) is 0 Å². The van der Waals surface area contributed by atoms with Crippen molar-refractivity contribution in [2.45, 2.75) is 44.9 Å². The number of aliphatic hydroxyl groups excluding tert-OH is 1. The van der Waals surface area contributed by atoms with Gasteiger partial charge in [-0.2, -0.15) is 0 Å². The van der Waals surface area contributed by atoms with Gasteiger partial charge in [-0.3, -0.25) is 4.79 Å². The van der Waals surface area contributed by atoms with Gasteiger partial charge in [0.15, 0.2) is 0 Å². The molecule has 0 unspecified atom stereocenters. The molecule has 2 saturated carbocycles. The number of hydrogen-bond acceptors (Lipinski definition) is 3. The maximum atomic E-state index is 11.4. The molecule has 0 spiro atoms. The number of hydrogen-bond donors (Lipinski definition) is 3. The van der Waals surface area contributed by atoms with Crippen LogP contribution in [0.1, 0.15) is 44.9 Å². The van der Waals surface area contributed by atoms with Gasteiger partial charge in [0.05, 0.1) is 0 Å². The topological polar surface area (TPSA) is 61.4 Å². The molecule has 4 nitrogen and oxygen atoms in total. The molecule has 104 valence electrons. The van der Waals surface area contributed by atoms with Crippen molar-refractivity contribution >= 4 is 5.91 Å². The quantitative estimate of drug-likeness (QED) is 0.595. The minimum atomic E-state index is 0.0960. The third kappa shape index (κ3) is 3.95. The Kier molecular flexibility index (Phi) is 5.01. The first-order chi connectivity index (χ1) is 8.76. The molecule has 0 atom stereocenters. The number of carbonyl (C=O) groups excluding carboxylic acids is 1. The van der Waals surface area contributed by atoms with Crippen LogP contribution in [0.3, 0.4) is 0 Å². The van der Waals surface area contributed by atoms with Crippen LogP contribution in [0.25, 0.3) is 0 Å². The second-order valence-corrected chi connectivity index (χ2v) is 5.96. The molecule has 0 aromatic carbocycles. The average Bonchev–Trinajstić information content (AvgIpc) is 3.23. The summed E-state index contributed by atoms with van der Waals surface area (Å²) in [5.41, 5.74) is 0.0960. The predicted octanol–water partition coefficient (Wildman–Crippen LogP) is 1.04. The highest BCUT2D eigenvalue weighted by atomic mass is 16.3. The molecule has 1 amide bonds. The van der Waals surface area contributed by atoms with Gasteiger partial charge in [0, 0.05) is 37.6 Å². The first kappa shape index (κ1) is 13.8. The van der Waals surface area contributed by atoms with Gasteiger partial charge in [-0.1, -0.05) is 19.3 Å². The Morgan fingerprint density at radius 1 is 1.17 bits per heavy atom. The van der Waals surface area contributed by atoms with E-state index in [2.05, 4.69) is 10.6 Å². The van der Waals surface area contributed by atoms with E-state index in [1.807, 2.05) is 0 Å². The van der Waals surface area contributed by atoms with E-state index in [1.165, 1.54) is 19.3 Å². The summed E-state index contributed by atoms with van der Waals surface area (Å²) in [5, 5.41) is 15.9. The molecule has 0 heterocycles. The Bertz CT molecular complexity index is 271. The molecule has 0 aliphatic heterocycles. The van der Waals surface area contributed by atoms with Crippen LogP contribution in [-0.4, -0.2) is 37.3 Å². The van der Waals surface area contributed by atoms with Crippen molar-refractivity contribution in [3.8, 4) is 0 Å². The minimum Gasteiger partial charge on any atom is -0.396 e. The third-order valence-electron chi connectivity index (χ3n) is 4.30. The van der Waals surface area contributed by atoms with E-state index in [-0.39, 0.29) is 17.9 Å². The lowest BCUT2D eigenvalue weighted by Crippen LogP contribution is -2.41. The van der Waals surface area contributed by atoms with Crippen LogP contribution in [0.5, 0.6) is 0 Å². The molecule has 0 saturated heterocycles. The van der Waals surface area contributed by atoms with Crippen LogP contribution >= 0.6 is 0 Å². The van der Waals surface area contributed by atoms with E-state index in [0.717, 1.165) is 38.8 Å². The van der Waals surface area contributed by atoms with Gasteiger partial charge >= 0.3 is 0 Å². The zero-order valence-electron chi connectivity index (χ0n) is 11.2. The number of aliphatic hydroxyl groups is 1. The van der Waals surface area contributed by atoms with Crippen LogP contribution in [-0.2, 0) is 4.79 Å². The Morgan fingerprint density at radius 2 is 1.89 bits per heavy atom. The highest BCUT2D eigenvalue weighted by molar-refractivity contribution is 5.80. The summed E-state index contributed by atoms with van der Waals surface area (Å²) in [6.07, 6.45) is 8.16. The van der Waals surface area contributed by atoms with E-state index in [9.17, 15) is 9.90 Å². The number of carbonyl (C=O) groups is 1. The van der Waals surface area contributed by atoms with Crippen LogP contribution < -0.4 is 10.6 Å². The van der Waals surface area contributed by atoms with Crippen molar-refractivity contribution in [2.24, 2.45) is 11.3 Å². The second kappa shape index (κ2) is 6.53. The first-order valence-electron chi connectivity index (χ1n) is 7.35. The van der Waals surface area contributed by atoms with E-state index in [0.29, 0.717) is 12.5 Å². The average molecular weight is 254 g/mol.